The molecule has 0 aliphatic rings. The number of carbonyl (C=O) groups excluding carboxylic acids is 1. The number of unbranched alkanes of at least 4 members (excludes halogenated alkanes) is 2. The normalized spacial score (nSPS) is 12.4. The number of hydrogen-bond donors (Lipinski definition) is 1. The Morgan fingerprint density at radius 2 is 2.19 bits per heavy atom. The van der Waals surface area contributed by atoms with Crippen molar-refractivity contribution in [2.24, 2.45) is 0 Å². The molecule has 1 unspecified atom stereocenters. The molecule has 0 aliphatic carbocycles. The van der Waals surface area contributed by atoms with Crippen molar-refractivity contribution in [1.29, 1.82) is 0 Å². The second-order valence-electron chi connectivity index (χ2n) is 3.91. The van der Waals surface area contributed by atoms with Crippen molar-refractivity contribution in [2.45, 2.75) is 52.5 Å². The number of amides is 1. The lowest BCUT2D eigenvalue weighted by Crippen LogP contribution is -2.25. The Hall–Kier alpha value is -0.970. The molecule has 1 rings (SSSR count). The molecule has 1 aromatic heterocycles. The highest BCUT2D eigenvalue weighted by molar-refractivity contribution is 7.11. The minimum Gasteiger partial charge on any atom is -0.347 e. The zero-order valence-corrected chi connectivity index (χ0v) is 10.9. The van der Waals surface area contributed by atoms with Crippen LogP contribution >= 0.6 is 11.3 Å². The van der Waals surface area contributed by atoms with E-state index in [1.54, 1.807) is 18.3 Å². The van der Waals surface area contributed by atoms with Crippen molar-refractivity contribution in [2.75, 3.05) is 0 Å². The van der Waals surface area contributed by atoms with Crippen molar-refractivity contribution in [3.05, 3.63) is 10.0 Å². The molecule has 0 aliphatic heterocycles. The molecular formula is C11H19N3OS. The predicted molar refractivity (Wildman–Crippen MR) is 65.3 cm³/mol. The van der Waals surface area contributed by atoms with Gasteiger partial charge in [0.15, 0.2) is 0 Å². The Kier molecular flexibility index (Phi) is 5.38. The molecular weight excluding hydrogens is 222 g/mol. The third-order valence-corrected chi connectivity index (χ3v) is 3.27. The summed E-state index contributed by atoms with van der Waals surface area (Å²) in [6.07, 6.45) is 4.43. The summed E-state index contributed by atoms with van der Waals surface area (Å²) >= 11 is 1.56. The minimum atomic E-state index is -0.00523. The fraction of sp³-hybridized carbons (Fsp3) is 0.727. The van der Waals surface area contributed by atoms with Gasteiger partial charge in [0, 0.05) is 6.92 Å². The van der Waals surface area contributed by atoms with Crippen LogP contribution in [0, 0.1) is 6.92 Å². The first-order valence-electron chi connectivity index (χ1n) is 5.70. The first kappa shape index (κ1) is 13.1. The lowest BCUT2D eigenvalue weighted by atomic mass is 10.1. The highest BCUT2D eigenvalue weighted by Gasteiger charge is 2.16. The summed E-state index contributed by atoms with van der Waals surface area (Å²) in [6.45, 7) is 5.64. The van der Waals surface area contributed by atoms with E-state index in [1.807, 2.05) is 6.92 Å². The van der Waals surface area contributed by atoms with Crippen molar-refractivity contribution >= 4 is 17.2 Å². The van der Waals surface area contributed by atoms with Gasteiger partial charge in [-0.05, 0) is 13.3 Å². The Morgan fingerprint density at radius 1 is 1.44 bits per heavy atom. The van der Waals surface area contributed by atoms with E-state index in [1.165, 1.54) is 12.8 Å². The molecule has 5 heteroatoms. The number of nitrogens with zero attached hydrogens (tertiary/aromatic N) is 2. The lowest BCUT2D eigenvalue weighted by molar-refractivity contribution is -0.119. The summed E-state index contributed by atoms with van der Waals surface area (Å²) < 4.78 is 0. The fourth-order valence-electron chi connectivity index (χ4n) is 1.55. The Balaban J connectivity index is 2.59. The molecule has 1 amide bonds. The van der Waals surface area contributed by atoms with Crippen LogP contribution in [0.25, 0.3) is 0 Å². The number of rotatable bonds is 6. The molecule has 0 saturated heterocycles. The standard InChI is InChI=1S/C11H19N3OS/c1-4-5-6-7-10(12-8(2)15)11-14-13-9(3)16-11/h10H,4-7H2,1-3H3,(H,12,15). The average Bonchev–Trinajstić information content (AvgIpc) is 2.63. The van der Waals surface area contributed by atoms with Crippen LogP contribution < -0.4 is 5.32 Å². The quantitative estimate of drug-likeness (QED) is 0.779. The zero-order chi connectivity index (χ0) is 12.0. The second-order valence-corrected chi connectivity index (χ2v) is 5.12. The SMILES string of the molecule is CCCCCC(NC(C)=O)c1nnc(C)s1. The van der Waals surface area contributed by atoms with Gasteiger partial charge in [0.2, 0.25) is 5.91 Å². The van der Waals surface area contributed by atoms with E-state index in [0.717, 1.165) is 22.9 Å². The lowest BCUT2D eigenvalue weighted by Gasteiger charge is -2.14. The smallest absolute Gasteiger partial charge is 0.217 e. The highest BCUT2D eigenvalue weighted by Crippen LogP contribution is 2.22. The van der Waals surface area contributed by atoms with Crippen LogP contribution in [0.4, 0.5) is 0 Å². The van der Waals surface area contributed by atoms with E-state index in [0.29, 0.717) is 0 Å². The summed E-state index contributed by atoms with van der Waals surface area (Å²) in [5.41, 5.74) is 0. The fourth-order valence-corrected chi connectivity index (χ4v) is 2.34. The maximum Gasteiger partial charge on any atom is 0.217 e. The van der Waals surface area contributed by atoms with E-state index in [2.05, 4.69) is 22.4 Å². The first-order valence-corrected chi connectivity index (χ1v) is 6.52. The molecule has 0 spiro atoms. The molecule has 0 fully saturated rings. The van der Waals surface area contributed by atoms with E-state index in [9.17, 15) is 4.79 Å². The summed E-state index contributed by atoms with van der Waals surface area (Å²) in [4.78, 5) is 11.1. The van der Waals surface area contributed by atoms with Crippen LogP contribution in [0.15, 0.2) is 0 Å². The summed E-state index contributed by atoms with van der Waals surface area (Å²) in [7, 11) is 0. The highest BCUT2D eigenvalue weighted by atomic mass is 32.1. The van der Waals surface area contributed by atoms with Crippen LogP contribution in [-0.2, 0) is 4.79 Å². The number of nitrogens with one attached hydrogen (secondary N) is 1. The van der Waals surface area contributed by atoms with E-state index in [4.69, 9.17) is 0 Å². The number of aromatic nitrogens is 2. The monoisotopic (exact) mass is 241 g/mol. The van der Waals surface area contributed by atoms with Crippen molar-refractivity contribution in [3.63, 3.8) is 0 Å². The molecule has 0 radical (unpaired) electrons. The van der Waals surface area contributed by atoms with Gasteiger partial charge in [0.25, 0.3) is 0 Å². The third kappa shape index (κ3) is 4.26. The molecule has 16 heavy (non-hydrogen) atoms. The van der Waals surface area contributed by atoms with E-state index >= 15 is 0 Å². The molecule has 90 valence electrons. The van der Waals surface area contributed by atoms with Crippen LogP contribution in [0.1, 0.15) is 55.6 Å². The zero-order valence-electron chi connectivity index (χ0n) is 10.1. The van der Waals surface area contributed by atoms with Crippen LogP contribution in [-0.4, -0.2) is 16.1 Å². The van der Waals surface area contributed by atoms with Gasteiger partial charge in [-0.15, -0.1) is 10.2 Å². The summed E-state index contributed by atoms with van der Waals surface area (Å²) in [5.74, 6) is -0.00523. The summed E-state index contributed by atoms with van der Waals surface area (Å²) in [5, 5.41) is 12.9. The van der Waals surface area contributed by atoms with Gasteiger partial charge >= 0.3 is 0 Å². The van der Waals surface area contributed by atoms with Gasteiger partial charge in [-0.25, -0.2) is 0 Å². The molecule has 0 aromatic carbocycles. The van der Waals surface area contributed by atoms with Gasteiger partial charge < -0.3 is 5.32 Å². The Morgan fingerprint density at radius 3 is 2.69 bits per heavy atom. The first-order chi connectivity index (χ1) is 7.63. The van der Waals surface area contributed by atoms with E-state index in [-0.39, 0.29) is 11.9 Å². The Labute approximate surface area is 100 Å². The van der Waals surface area contributed by atoms with Crippen molar-refractivity contribution in [1.82, 2.24) is 15.5 Å². The maximum atomic E-state index is 11.1. The van der Waals surface area contributed by atoms with Gasteiger partial charge in [-0.1, -0.05) is 37.5 Å². The van der Waals surface area contributed by atoms with Gasteiger partial charge in [0.1, 0.15) is 10.0 Å². The van der Waals surface area contributed by atoms with Gasteiger partial charge in [-0.3, -0.25) is 4.79 Å². The van der Waals surface area contributed by atoms with E-state index < -0.39 is 0 Å². The molecule has 1 atom stereocenters. The molecule has 4 nitrogen and oxygen atoms in total. The van der Waals surface area contributed by atoms with Gasteiger partial charge in [-0.2, -0.15) is 0 Å². The third-order valence-electron chi connectivity index (χ3n) is 2.31. The Bertz CT molecular complexity index is 338. The number of aryl methyl sites for hydroxylation is 1. The van der Waals surface area contributed by atoms with Crippen LogP contribution in [0.5, 0.6) is 0 Å². The topological polar surface area (TPSA) is 54.9 Å². The van der Waals surface area contributed by atoms with Crippen molar-refractivity contribution < 1.29 is 4.79 Å². The molecule has 1 N–H and O–H groups in total. The summed E-state index contributed by atoms with van der Waals surface area (Å²) in [6, 6.07) is 0.0373. The second kappa shape index (κ2) is 6.58. The maximum absolute atomic E-state index is 11.1. The molecule has 0 bridgehead atoms. The predicted octanol–water partition coefficient (Wildman–Crippen LogP) is 2.60. The molecule has 1 aromatic rings. The van der Waals surface area contributed by atoms with Crippen LogP contribution in [0.3, 0.4) is 0 Å². The molecule has 0 saturated carbocycles. The minimum absolute atomic E-state index is 0.00523. The average molecular weight is 241 g/mol. The van der Waals surface area contributed by atoms with Crippen LogP contribution in [0.2, 0.25) is 0 Å². The number of hydrogen-bond acceptors (Lipinski definition) is 4. The number of carbonyl (C=O) groups is 1. The molecule has 1 heterocycles. The van der Waals surface area contributed by atoms with Crippen molar-refractivity contribution in [3.8, 4) is 0 Å². The largest absolute Gasteiger partial charge is 0.347 e. The van der Waals surface area contributed by atoms with Gasteiger partial charge in [0.05, 0.1) is 6.04 Å².